The Hall–Kier alpha value is -4.92. The number of benzene rings is 3. The SMILES string of the molecule is C=CCc1cc(C=Nn2c(-c3cc(C(C)C)c(OC)cc3C)nc3ccccc3c2=O)cc(OC)c1O[C@H](C)C(=O)OC. The van der Waals surface area contributed by atoms with Crippen LogP contribution in [0.15, 0.2) is 71.1 Å². The third-order valence-corrected chi connectivity index (χ3v) is 7.08. The summed E-state index contributed by atoms with van der Waals surface area (Å²) < 4.78 is 23.3. The first kappa shape index (κ1) is 31.0. The van der Waals surface area contributed by atoms with Crippen molar-refractivity contribution < 1.29 is 23.7 Å². The zero-order valence-corrected chi connectivity index (χ0v) is 25.6. The van der Waals surface area contributed by atoms with Crippen molar-refractivity contribution in [2.24, 2.45) is 5.10 Å². The molecule has 0 saturated heterocycles. The molecule has 4 rings (SSSR count). The number of aromatic nitrogens is 2. The molecule has 1 heterocycles. The fraction of sp³-hybridized carbons (Fsp3) is 0.294. The van der Waals surface area contributed by atoms with Gasteiger partial charge < -0.3 is 18.9 Å². The van der Waals surface area contributed by atoms with Crippen LogP contribution in [0.5, 0.6) is 17.2 Å². The van der Waals surface area contributed by atoms with Crippen LogP contribution in [0.3, 0.4) is 0 Å². The molecule has 9 heteroatoms. The zero-order valence-electron chi connectivity index (χ0n) is 25.6. The van der Waals surface area contributed by atoms with Crippen LogP contribution in [0.25, 0.3) is 22.3 Å². The maximum atomic E-state index is 13.8. The molecule has 0 N–H and O–H groups in total. The highest BCUT2D eigenvalue weighted by atomic mass is 16.6. The molecular weight excluding hydrogens is 546 g/mol. The lowest BCUT2D eigenvalue weighted by molar-refractivity contribution is -0.147. The summed E-state index contributed by atoms with van der Waals surface area (Å²) in [7, 11) is 4.47. The molecule has 0 unspecified atom stereocenters. The van der Waals surface area contributed by atoms with Gasteiger partial charge in [-0.3, -0.25) is 4.79 Å². The Labute approximate surface area is 251 Å². The standard InChI is InChI=1S/C34H37N3O6/c1-9-12-24-16-23(17-30(41-7)31(24)43-22(5)34(39)42-8)19-35-37-32(36-28-14-11-10-13-25(28)33(37)38)27-18-26(20(2)3)29(40-6)15-21(27)4/h9-11,13-20,22H,1,12H2,2-8H3/t22-/m1/s1. The summed E-state index contributed by atoms with van der Waals surface area (Å²) in [6.07, 6.45) is 2.88. The van der Waals surface area contributed by atoms with Crippen molar-refractivity contribution in [2.45, 2.75) is 46.1 Å². The first-order valence-electron chi connectivity index (χ1n) is 13.9. The Morgan fingerprint density at radius 2 is 1.77 bits per heavy atom. The first-order chi connectivity index (χ1) is 20.6. The quantitative estimate of drug-likeness (QED) is 0.120. The molecule has 0 aliphatic heterocycles. The number of esters is 1. The van der Waals surface area contributed by atoms with Crippen molar-refractivity contribution in [1.82, 2.24) is 9.66 Å². The van der Waals surface area contributed by atoms with Crippen LogP contribution in [0.2, 0.25) is 0 Å². The van der Waals surface area contributed by atoms with Crippen molar-refractivity contribution >= 4 is 23.1 Å². The van der Waals surface area contributed by atoms with E-state index in [-0.39, 0.29) is 11.5 Å². The number of allylic oxidation sites excluding steroid dienone is 1. The minimum atomic E-state index is -0.852. The summed E-state index contributed by atoms with van der Waals surface area (Å²) in [5.41, 5.74) is 4.31. The summed E-state index contributed by atoms with van der Waals surface area (Å²) in [4.78, 5) is 30.8. The molecule has 3 aromatic carbocycles. The predicted molar refractivity (Wildman–Crippen MR) is 169 cm³/mol. The van der Waals surface area contributed by atoms with E-state index >= 15 is 0 Å². The number of carbonyl (C=O) groups excluding carboxylic acids is 1. The number of aryl methyl sites for hydroxylation is 1. The monoisotopic (exact) mass is 583 g/mol. The number of para-hydroxylation sites is 1. The van der Waals surface area contributed by atoms with Crippen molar-refractivity contribution in [1.29, 1.82) is 0 Å². The van der Waals surface area contributed by atoms with Crippen LogP contribution in [0.4, 0.5) is 0 Å². The second-order valence-corrected chi connectivity index (χ2v) is 10.4. The smallest absolute Gasteiger partial charge is 0.346 e. The molecule has 43 heavy (non-hydrogen) atoms. The van der Waals surface area contributed by atoms with E-state index in [1.54, 1.807) is 44.5 Å². The van der Waals surface area contributed by atoms with Crippen LogP contribution in [-0.4, -0.2) is 49.3 Å². The van der Waals surface area contributed by atoms with E-state index < -0.39 is 12.1 Å². The Morgan fingerprint density at radius 3 is 2.42 bits per heavy atom. The lowest BCUT2D eigenvalue weighted by atomic mass is 9.96. The van der Waals surface area contributed by atoms with E-state index in [1.807, 2.05) is 37.3 Å². The van der Waals surface area contributed by atoms with Gasteiger partial charge in [-0.05, 0) is 79.3 Å². The minimum absolute atomic E-state index is 0.178. The van der Waals surface area contributed by atoms with E-state index in [9.17, 15) is 9.59 Å². The van der Waals surface area contributed by atoms with Gasteiger partial charge in [0, 0.05) is 11.1 Å². The molecule has 0 amide bonds. The van der Waals surface area contributed by atoms with Gasteiger partial charge in [0.15, 0.2) is 23.4 Å². The Kier molecular flexibility index (Phi) is 9.65. The Bertz CT molecular complexity index is 1760. The molecule has 0 saturated carbocycles. The summed E-state index contributed by atoms with van der Waals surface area (Å²) in [6, 6.07) is 14.8. The fourth-order valence-electron chi connectivity index (χ4n) is 4.84. The van der Waals surface area contributed by atoms with E-state index in [2.05, 4.69) is 25.5 Å². The second kappa shape index (κ2) is 13.4. The second-order valence-electron chi connectivity index (χ2n) is 10.4. The highest BCUT2D eigenvalue weighted by molar-refractivity contribution is 5.84. The molecule has 0 bridgehead atoms. The van der Waals surface area contributed by atoms with E-state index in [0.29, 0.717) is 40.2 Å². The topological polar surface area (TPSA) is 101 Å². The van der Waals surface area contributed by atoms with Gasteiger partial charge in [0.1, 0.15) is 5.75 Å². The van der Waals surface area contributed by atoms with Gasteiger partial charge in [0.25, 0.3) is 5.56 Å². The van der Waals surface area contributed by atoms with Crippen LogP contribution >= 0.6 is 0 Å². The summed E-state index contributed by atoms with van der Waals surface area (Å²) in [5.74, 6) is 1.65. The molecular formula is C34H37N3O6. The third kappa shape index (κ3) is 6.45. The highest BCUT2D eigenvalue weighted by Gasteiger charge is 2.21. The van der Waals surface area contributed by atoms with Gasteiger partial charge in [0.2, 0.25) is 0 Å². The minimum Gasteiger partial charge on any atom is -0.496 e. The van der Waals surface area contributed by atoms with Crippen LogP contribution in [-0.2, 0) is 16.0 Å². The lowest BCUT2D eigenvalue weighted by Crippen LogP contribution is -2.25. The molecule has 9 nitrogen and oxygen atoms in total. The maximum Gasteiger partial charge on any atom is 0.346 e. The van der Waals surface area contributed by atoms with E-state index in [0.717, 1.165) is 28.0 Å². The number of ether oxygens (including phenoxy) is 4. The molecule has 0 radical (unpaired) electrons. The number of hydrogen-bond acceptors (Lipinski definition) is 8. The highest BCUT2D eigenvalue weighted by Crippen LogP contribution is 2.35. The zero-order chi connectivity index (χ0) is 31.3. The van der Waals surface area contributed by atoms with Crippen molar-refractivity contribution in [3.05, 3.63) is 93.8 Å². The van der Waals surface area contributed by atoms with Crippen molar-refractivity contribution in [2.75, 3.05) is 21.3 Å². The van der Waals surface area contributed by atoms with Gasteiger partial charge in [-0.2, -0.15) is 9.78 Å². The largest absolute Gasteiger partial charge is 0.496 e. The van der Waals surface area contributed by atoms with E-state index in [4.69, 9.17) is 23.9 Å². The van der Waals surface area contributed by atoms with Gasteiger partial charge in [0.05, 0.1) is 38.4 Å². The first-order valence-corrected chi connectivity index (χ1v) is 13.9. The molecule has 0 aliphatic carbocycles. The van der Waals surface area contributed by atoms with Crippen LogP contribution in [0.1, 0.15) is 48.9 Å². The van der Waals surface area contributed by atoms with Crippen LogP contribution < -0.4 is 19.8 Å². The summed E-state index contributed by atoms with van der Waals surface area (Å²) in [5, 5.41) is 5.11. The Balaban J connectivity index is 1.91. The molecule has 224 valence electrons. The van der Waals surface area contributed by atoms with E-state index in [1.165, 1.54) is 18.9 Å². The third-order valence-electron chi connectivity index (χ3n) is 7.08. The number of fused-ring (bicyclic) bond motifs is 1. The van der Waals surface area contributed by atoms with Gasteiger partial charge in [-0.25, -0.2) is 9.78 Å². The Morgan fingerprint density at radius 1 is 1.05 bits per heavy atom. The predicted octanol–water partition coefficient (Wildman–Crippen LogP) is 6.06. The number of hydrogen-bond donors (Lipinski definition) is 0. The molecule has 0 spiro atoms. The average Bonchev–Trinajstić information content (AvgIpc) is 3.00. The molecule has 0 fully saturated rings. The normalized spacial score (nSPS) is 12.0. The molecule has 1 atom stereocenters. The van der Waals surface area contributed by atoms with Gasteiger partial charge in [-0.1, -0.05) is 32.1 Å². The summed E-state index contributed by atoms with van der Waals surface area (Å²) >= 11 is 0. The van der Waals surface area contributed by atoms with Gasteiger partial charge >= 0.3 is 5.97 Å². The number of methoxy groups -OCH3 is 3. The van der Waals surface area contributed by atoms with Crippen LogP contribution in [0, 0.1) is 6.92 Å². The number of rotatable bonds is 11. The van der Waals surface area contributed by atoms with Crippen molar-refractivity contribution in [3.63, 3.8) is 0 Å². The average molecular weight is 584 g/mol. The fourth-order valence-corrected chi connectivity index (χ4v) is 4.84. The summed E-state index contributed by atoms with van der Waals surface area (Å²) in [6.45, 7) is 11.6. The molecule has 1 aromatic heterocycles. The van der Waals surface area contributed by atoms with Crippen molar-refractivity contribution in [3.8, 4) is 28.6 Å². The molecule has 4 aromatic rings. The van der Waals surface area contributed by atoms with Gasteiger partial charge in [-0.15, -0.1) is 6.58 Å². The maximum absolute atomic E-state index is 13.8. The lowest BCUT2D eigenvalue weighted by Gasteiger charge is -2.19. The number of carbonyl (C=O) groups is 1. The molecule has 0 aliphatic rings. The number of nitrogens with zero attached hydrogens (tertiary/aromatic N) is 3.